The predicted molar refractivity (Wildman–Crippen MR) is 64.7 cm³/mol. The number of aromatic nitrogens is 2. The van der Waals surface area contributed by atoms with Crippen LogP contribution in [0.4, 0.5) is 5.82 Å². The highest BCUT2D eigenvalue weighted by Crippen LogP contribution is 2.07. The summed E-state index contributed by atoms with van der Waals surface area (Å²) in [5.41, 5.74) is 0.161. The first-order chi connectivity index (χ1) is 8.69. The second-order valence-corrected chi connectivity index (χ2v) is 3.52. The molecule has 1 unspecified atom stereocenters. The van der Waals surface area contributed by atoms with Crippen LogP contribution in [0.1, 0.15) is 12.6 Å². The zero-order chi connectivity index (χ0) is 13.4. The number of rotatable bonds is 6. The molecule has 1 amide bonds. The lowest BCUT2D eigenvalue weighted by Crippen LogP contribution is -2.39. The van der Waals surface area contributed by atoms with Crippen molar-refractivity contribution in [1.29, 1.82) is 5.26 Å². The van der Waals surface area contributed by atoms with Crippen LogP contribution in [0.3, 0.4) is 0 Å². The van der Waals surface area contributed by atoms with Crippen molar-refractivity contribution in [1.82, 2.24) is 15.3 Å². The van der Waals surface area contributed by atoms with Gasteiger partial charge in [0.25, 0.3) is 0 Å². The van der Waals surface area contributed by atoms with Crippen molar-refractivity contribution in [2.45, 2.75) is 13.0 Å². The van der Waals surface area contributed by atoms with Gasteiger partial charge in [-0.15, -0.1) is 0 Å². The molecule has 0 fully saturated rings. The molecule has 0 spiro atoms. The number of methoxy groups -OCH3 is 1. The van der Waals surface area contributed by atoms with Crippen molar-refractivity contribution in [2.75, 3.05) is 25.6 Å². The molecular weight excluding hydrogens is 234 g/mol. The molecule has 96 valence electrons. The first kappa shape index (κ1) is 13.9. The summed E-state index contributed by atoms with van der Waals surface area (Å²) in [6.07, 6.45) is 2.88. The van der Waals surface area contributed by atoms with Crippen LogP contribution in [0.25, 0.3) is 0 Å². The van der Waals surface area contributed by atoms with E-state index < -0.39 is 6.04 Å². The van der Waals surface area contributed by atoms with E-state index in [-0.39, 0.29) is 11.6 Å². The summed E-state index contributed by atoms with van der Waals surface area (Å²) in [5.74, 6) is 0.107. The Hall–Kier alpha value is -2.20. The highest BCUT2D eigenvalue weighted by atomic mass is 16.5. The zero-order valence-electron chi connectivity index (χ0n) is 10.3. The Balaban J connectivity index is 2.56. The molecule has 0 bridgehead atoms. The van der Waals surface area contributed by atoms with Gasteiger partial charge in [0.05, 0.1) is 6.61 Å². The lowest BCUT2D eigenvalue weighted by Gasteiger charge is -2.14. The fourth-order valence-electron chi connectivity index (χ4n) is 1.23. The average molecular weight is 249 g/mol. The number of nitrogens with one attached hydrogen (secondary N) is 2. The standard InChI is InChI=1S/C11H15N5O2/c1-8(11(17)15-5-6-18-2)16-10-9(7-12)13-3-4-14-10/h3-4,8H,5-6H2,1-2H3,(H,14,16)(H,15,17). The van der Waals surface area contributed by atoms with Crippen molar-refractivity contribution in [3.05, 3.63) is 18.1 Å². The normalized spacial score (nSPS) is 11.4. The molecule has 0 saturated carbocycles. The van der Waals surface area contributed by atoms with Gasteiger partial charge in [-0.25, -0.2) is 9.97 Å². The first-order valence-corrected chi connectivity index (χ1v) is 5.43. The molecule has 7 nitrogen and oxygen atoms in total. The van der Waals surface area contributed by atoms with Gasteiger partial charge in [0, 0.05) is 26.0 Å². The third kappa shape index (κ3) is 3.99. The maximum Gasteiger partial charge on any atom is 0.242 e. The third-order valence-electron chi connectivity index (χ3n) is 2.16. The van der Waals surface area contributed by atoms with Crippen molar-refractivity contribution in [3.63, 3.8) is 0 Å². The molecule has 7 heteroatoms. The molecule has 0 aliphatic rings. The second kappa shape index (κ2) is 7.19. The number of carbonyl (C=O) groups is 1. The van der Waals surface area contributed by atoms with Crippen molar-refractivity contribution < 1.29 is 9.53 Å². The van der Waals surface area contributed by atoms with Gasteiger partial charge in [0.15, 0.2) is 11.5 Å². The smallest absolute Gasteiger partial charge is 0.242 e. The van der Waals surface area contributed by atoms with Crippen LogP contribution in [-0.2, 0) is 9.53 Å². The van der Waals surface area contributed by atoms with Crippen LogP contribution in [-0.4, -0.2) is 42.2 Å². The molecule has 2 N–H and O–H groups in total. The molecule has 1 rings (SSSR count). The minimum Gasteiger partial charge on any atom is -0.383 e. The van der Waals surface area contributed by atoms with Gasteiger partial charge in [-0.2, -0.15) is 5.26 Å². The van der Waals surface area contributed by atoms with Crippen LogP contribution in [0.5, 0.6) is 0 Å². The summed E-state index contributed by atoms with van der Waals surface area (Å²) >= 11 is 0. The monoisotopic (exact) mass is 249 g/mol. The molecule has 1 aromatic heterocycles. The summed E-state index contributed by atoms with van der Waals surface area (Å²) in [6.45, 7) is 2.57. The van der Waals surface area contributed by atoms with Crippen LogP contribution in [0.15, 0.2) is 12.4 Å². The molecule has 0 saturated heterocycles. The van der Waals surface area contributed by atoms with E-state index in [0.29, 0.717) is 19.0 Å². The third-order valence-corrected chi connectivity index (χ3v) is 2.16. The van der Waals surface area contributed by atoms with Gasteiger partial charge in [-0.3, -0.25) is 4.79 Å². The minimum absolute atomic E-state index is 0.161. The maximum atomic E-state index is 11.7. The van der Waals surface area contributed by atoms with E-state index in [1.54, 1.807) is 14.0 Å². The van der Waals surface area contributed by atoms with Gasteiger partial charge >= 0.3 is 0 Å². The van der Waals surface area contributed by atoms with Crippen LogP contribution >= 0.6 is 0 Å². The van der Waals surface area contributed by atoms with Gasteiger partial charge in [0.2, 0.25) is 5.91 Å². The quantitative estimate of drug-likeness (QED) is 0.683. The first-order valence-electron chi connectivity index (χ1n) is 5.43. The average Bonchev–Trinajstić information content (AvgIpc) is 2.39. The Morgan fingerprint density at radius 2 is 2.28 bits per heavy atom. The Morgan fingerprint density at radius 3 is 2.94 bits per heavy atom. The number of amides is 1. The maximum absolute atomic E-state index is 11.7. The van der Waals surface area contributed by atoms with Crippen LogP contribution in [0, 0.1) is 11.3 Å². The molecule has 0 aromatic carbocycles. The number of nitrogens with zero attached hydrogens (tertiary/aromatic N) is 3. The second-order valence-electron chi connectivity index (χ2n) is 3.52. The van der Waals surface area contributed by atoms with E-state index in [1.807, 2.05) is 6.07 Å². The lowest BCUT2D eigenvalue weighted by molar-refractivity contribution is -0.121. The van der Waals surface area contributed by atoms with Crippen LogP contribution < -0.4 is 10.6 Å². The Morgan fingerprint density at radius 1 is 1.56 bits per heavy atom. The predicted octanol–water partition coefficient (Wildman–Crippen LogP) is -0.0887. The number of hydrogen-bond donors (Lipinski definition) is 2. The van der Waals surface area contributed by atoms with Crippen molar-refractivity contribution >= 4 is 11.7 Å². The molecule has 1 atom stereocenters. The highest BCUT2D eigenvalue weighted by Gasteiger charge is 2.14. The number of hydrogen-bond acceptors (Lipinski definition) is 6. The van der Waals surface area contributed by atoms with E-state index in [4.69, 9.17) is 10.00 Å². The van der Waals surface area contributed by atoms with Gasteiger partial charge in [0.1, 0.15) is 12.1 Å². The number of ether oxygens (including phenoxy) is 1. The molecule has 0 radical (unpaired) electrons. The van der Waals surface area contributed by atoms with Crippen molar-refractivity contribution in [3.8, 4) is 6.07 Å². The summed E-state index contributed by atoms with van der Waals surface area (Å²) in [6, 6.07) is 1.40. The molecule has 18 heavy (non-hydrogen) atoms. The SMILES string of the molecule is COCCNC(=O)C(C)Nc1nccnc1C#N. The number of anilines is 1. The van der Waals surface area contributed by atoms with E-state index in [0.717, 1.165) is 0 Å². The van der Waals surface area contributed by atoms with Crippen molar-refractivity contribution in [2.24, 2.45) is 0 Å². The van der Waals surface area contributed by atoms with Gasteiger partial charge in [-0.05, 0) is 6.92 Å². The number of carbonyl (C=O) groups excluding carboxylic acids is 1. The lowest BCUT2D eigenvalue weighted by atomic mass is 10.3. The van der Waals surface area contributed by atoms with E-state index in [9.17, 15) is 4.79 Å². The fraction of sp³-hybridized carbons (Fsp3) is 0.455. The van der Waals surface area contributed by atoms with Gasteiger partial charge in [-0.1, -0.05) is 0 Å². The number of nitriles is 1. The molecule has 0 aliphatic carbocycles. The van der Waals surface area contributed by atoms with E-state index in [2.05, 4.69) is 20.6 Å². The van der Waals surface area contributed by atoms with Crippen LogP contribution in [0.2, 0.25) is 0 Å². The Bertz CT molecular complexity index is 443. The summed E-state index contributed by atoms with van der Waals surface area (Å²) in [7, 11) is 1.56. The zero-order valence-corrected chi connectivity index (χ0v) is 10.3. The largest absolute Gasteiger partial charge is 0.383 e. The highest BCUT2D eigenvalue weighted by molar-refractivity contribution is 5.84. The topological polar surface area (TPSA) is 99.9 Å². The van der Waals surface area contributed by atoms with Gasteiger partial charge < -0.3 is 15.4 Å². The molecule has 0 aliphatic heterocycles. The minimum atomic E-state index is -0.509. The molecular formula is C11H15N5O2. The van der Waals surface area contributed by atoms with E-state index in [1.165, 1.54) is 12.4 Å². The fourth-order valence-corrected chi connectivity index (χ4v) is 1.23. The summed E-state index contributed by atoms with van der Waals surface area (Å²) < 4.78 is 4.83. The Labute approximate surface area is 105 Å². The van der Waals surface area contributed by atoms with E-state index >= 15 is 0 Å². The molecule has 1 aromatic rings. The summed E-state index contributed by atoms with van der Waals surface area (Å²) in [4.78, 5) is 19.5. The Kier molecular flexibility index (Phi) is 5.54. The molecule has 1 heterocycles. The summed E-state index contributed by atoms with van der Waals surface area (Å²) in [5, 5.41) is 14.4.